The molecule has 1 heterocycles. The molecule has 2 aromatic carbocycles. The molecule has 3 rings (SSSR count). The van der Waals surface area contributed by atoms with Gasteiger partial charge in [-0.15, -0.1) is 0 Å². The van der Waals surface area contributed by atoms with Crippen molar-refractivity contribution in [3.05, 3.63) is 70.7 Å². The Bertz CT molecular complexity index is 718. The summed E-state index contributed by atoms with van der Waals surface area (Å²) in [6.45, 7) is 3.57. The zero-order chi connectivity index (χ0) is 19.1. The average Bonchev–Trinajstić information content (AvgIpc) is 2.71. The van der Waals surface area contributed by atoms with Gasteiger partial charge < -0.3 is 15.8 Å². The molecule has 0 aromatic heterocycles. The molecular formula is C21H26ClN3O2. The Morgan fingerprint density at radius 1 is 1.11 bits per heavy atom. The molecular weight excluding hydrogens is 362 g/mol. The lowest BCUT2D eigenvalue weighted by atomic mass is 10.0. The molecule has 2 aromatic rings. The molecule has 0 spiro atoms. The van der Waals surface area contributed by atoms with E-state index < -0.39 is 6.04 Å². The van der Waals surface area contributed by atoms with Crippen LogP contribution in [0.4, 0.5) is 0 Å². The third kappa shape index (κ3) is 5.78. The summed E-state index contributed by atoms with van der Waals surface area (Å²) >= 11 is 6.03. The third-order valence-corrected chi connectivity index (χ3v) is 5.10. The molecule has 1 fully saturated rings. The van der Waals surface area contributed by atoms with Crippen molar-refractivity contribution in [3.8, 4) is 0 Å². The summed E-state index contributed by atoms with van der Waals surface area (Å²) in [6.07, 6.45) is 0.524. The number of amides is 1. The maximum absolute atomic E-state index is 12.5. The first-order valence-corrected chi connectivity index (χ1v) is 9.66. The number of benzene rings is 2. The minimum Gasteiger partial charge on any atom is -0.379 e. The van der Waals surface area contributed by atoms with Gasteiger partial charge in [0.25, 0.3) is 0 Å². The molecule has 6 heteroatoms. The van der Waals surface area contributed by atoms with Crippen molar-refractivity contribution in [2.75, 3.05) is 32.8 Å². The van der Waals surface area contributed by atoms with E-state index in [9.17, 15) is 4.79 Å². The van der Waals surface area contributed by atoms with E-state index in [0.717, 1.165) is 24.2 Å². The number of hydrogen-bond acceptors (Lipinski definition) is 4. The van der Waals surface area contributed by atoms with Gasteiger partial charge in [0.2, 0.25) is 5.91 Å². The van der Waals surface area contributed by atoms with Crippen LogP contribution in [0.15, 0.2) is 54.6 Å². The van der Waals surface area contributed by atoms with Gasteiger partial charge in [-0.3, -0.25) is 9.69 Å². The van der Waals surface area contributed by atoms with Crippen LogP contribution in [-0.4, -0.2) is 49.7 Å². The van der Waals surface area contributed by atoms with Crippen LogP contribution in [0.2, 0.25) is 5.02 Å². The monoisotopic (exact) mass is 387 g/mol. The number of carbonyl (C=O) groups excluding carboxylic acids is 1. The fourth-order valence-corrected chi connectivity index (χ4v) is 3.45. The maximum Gasteiger partial charge on any atom is 0.237 e. The van der Waals surface area contributed by atoms with E-state index in [-0.39, 0.29) is 11.9 Å². The summed E-state index contributed by atoms with van der Waals surface area (Å²) < 4.78 is 5.46. The molecule has 2 atom stereocenters. The van der Waals surface area contributed by atoms with Crippen LogP contribution in [0.5, 0.6) is 0 Å². The number of nitrogens with zero attached hydrogens (tertiary/aromatic N) is 1. The molecule has 0 saturated carbocycles. The lowest BCUT2D eigenvalue weighted by molar-refractivity contribution is -0.122. The average molecular weight is 388 g/mol. The molecule has 0 aliphatic carbocycles. The molecule has 3 N–H and O–H groups in total. The summed E-state index contributed by atoms with van der Waals surface area (Å²) in [6, 6.07) is 17.1. The Balaban J connectivity index is 1.62. The van der Waals surface area contributed by atoms with Gasteiger partial charge in [-0.1, -0.05) is 54.1 Å². The number of nitrogens with one attached hydrogen (secondary N) is 1. The first-order chi connectivity index (χ1) is 13.1. The largest absolute Gasteiger partial charge is 0.379 e. The van der Waals surface area contributed by atoms with Gasteiger partial charge in [-0.05, 0) is 29.7 Å². The molecule has 1 saturated heterocycles. The highest BCUT2D eigenvalue weighted by Gasteiger charge is 2.24. The van der Waals surface area contributed by atoms with Crippen molar-refractivity contribution >= 4 is 17.5 Å². The van der Waals surface area contributed by atoms with Crippen molar-refractivity contribution < 1.29 is 9.53 Å². The van der Waals surface area contributed by atoms with Crippen LogP contribution in [-0.2, 0) is 16.0 Å². The molecule has 144 valence electrons. The second-order valence-electron chi connectivity index (χ2n) is 6.76. The quantitative estimate of drug-likeness (QED) is 0.765. The van der Waals surface area contributed by atoms with E-state index >= 15 is 0 Å². The molecule has 1 amide bonds. The highest BCUT2D eigenvalue weighted by Crippen LogP contribution is 2.23. The molecule has 0 radical (unpaired) electrons. The number of nitrogens with two attached hydrogens (primary N) is 1. The Labute approximate surface area is 165 Å². The van der Waals surface area contributed by atoms with Gasteiger partial charge in [-0.2, -0.15) is 0 Å². The molecule has 1 aliphatic rings. The van der Waals surface area contributed by atoms with E-state index in [1.165, 1.54) is 0 Å². The summed E-state index contributed by atoms with van der Waals surface area (Å²) in [5.41, 5.74) is 8.29. The Morgan fingerprint density at radius 2 is 1.78 bits per heavy atom. The summed E-state index contributed by atoms with van der Waals surface area (Å²) in [4.78, 5) is 14.8. The van der Waals surface area contributed by atoms with Gasteiger partial charge in [0, 0.05) is 24.7 Å². The summed E-state index contributed by atoms with van der Waals surface area (Å²) in [7, 11) is 0. The number of rotatable bonds is 7. The highest BCUT2D eigenvalue weighted by molar-refractivity contribution is 6.30. The zero-order valence-electron chi connectivity index (χ0n) is 15.3. The normalized spacial score (nSPS) is 17.3. The maximum atomic E-state index is 12.5. The summed E-state index contributed by atoms with van der Waals surface area (Å²) in [5.74, 6) is -0.133. The van der Waals surface area contributed by atoms with Crippen LogP contribution in [0, 0.1) is 0 Å². The first kappa shape index (κ1) is 19.8. The number of hydrogen-bond donors (Lipinski definition) is 2. The van der Waals surface area contributed by atoms with E-state index in [1.54, 1.807) is 0 Å². The number of carbonyl (C=O) groups is 1. The Morgan fingerprint density at radius 3 is 2.44 bits per heavy atom. The number of halogens is 1. The fourth-order valence-electron chi connectivity index (χ4n) is 3.32. The number of ether oxygens (including phenoxy) is 1. The van der Waals surface area contributed by atoms with E-state index in [0.29, 0.717) is 31.2 Å². The second-order valence-corrected chi connectivity index (χ2v) is 7.19. The first-order valence-electron chi connectivity index (χ1n) is 9.28. The molecule has 1 aliphatic heterocycles. The van der Waals surface area contributed by atoms with Crippen LogP contribution in [0.1, 0.15) is 17.2 Å². The van der Waals surface area contributed by atoms with Crippen LogP contribution in [0.25, 0.3) is 0 Å². The molecule has 0 bridgehead atoms. The fraction of sp³-hybridized carbons (Fsp3) is 0.381. The lowest BCUT2D eigenvalue weighted by Crippen LogP contribution is -2.47. The SMILES string of the molecule is NC(Cc1ccccc1)C(=O)NCC(c1ccc(Cl)cc1)N1CCOCC1. The van der Waals surface area contributed by atoms with Gasteiger partial charge >= 0.3 is 0 Å². The highest BCUT2D eigenvalue weighted by atomic mass is 35.5. The van der Waals surface area contributed by atoms with E-state index in [2.05, 4.69) is 10.2 Å². The second kappa shape index (κ2) is 9.85. The predicted octanol–water partition coefficient (Wildman–Crippen LogP) is 2.40. The molecule has 5 nitrogen and oxygen atoms in total. The van der Waals surface area contributed by atoms with Crippen molar-refractivity contribution in [2.24, 2.45) is 5.73 Å². The Kier molecular flexibility index (Phi) is 7.24. The zero-order valence-corrected chi connectivity index (χ0v) is 16.1. The summed E-state index contributed by atoms with van der Waals surface area (Å²) in [5, 5.41) is 3.74. The van der Waals surface area contributed by atoms with Crippen molar-refractivity contribution in [2.45, 2.75) is 18.5 Å². The minimum atomic E-state index is -0.567. The predicted molar refractivity (Wildman–Crippen MR) is 108 cm³/mol. The van der Waals surface area contributed by atoms with Gasteiger partial charge in [0.05, 0.1) is 25.3 Å². The van der Waals surface area contributed by atoms with Crippen molar-refractivity contribution in [1.29, 1.82) is 0 Å². The van der Waals surface area contributed by atoms with E-state index in [1.807, 2.05) is 54.6 Å². The molecule has 27 heavy (non-hydrogen) atoms. The smallest absolute Gasteiger partial charge is 0.237 e. The Hall–Kier alpha value is -1.92. The van der Waals surface area contributed by atoms with Crippen LogP contribution in [0.3, 0.4) is 0 Å². The van der Waals surface area contributed by atoms with Crippen LogP contribution >= 0.6 is 11.6 Å². The topological polar surface area (TPSA) is 67.6 Å². The number of morpholine rings is 1. The standard InChI is InChI=1S/C21H26ClN3O2/c22-18-8-6-17(7-9-18)20(25-10-12-27-13-11-25)15-24-21(26)19(23)14-16-4-2-1-3-5-16/h1-9,19-20H,10-15,23H2,(H,24,26). The minimum absolute atomic E-state index is 0.0686. The van der Waals surface area contributed by atoms with Gasteiger partial charge in [-0.25, -0.2) is 0 Å². The van der Waals surface area contributed by atoms with Crippen LogP contribution < -0.4 is 11.1 Å². The van der Waals surface area contributed by atoms with Crippen molar-refractivity contribution in [1.82, 2.24) is 10.2 Å². The van der Waals surface area contributed by atoms with Gasteiger partial charge in [0.1, 0.15) is 0 Å². The van der Waals surface area contributed by atoms with E-state index in [4.69, 9.17) is 22.1 Å². The van der Waals surface area contributed by atoms with Gasteiger partial charge in [0.15, 0.2) is 0 Å². The molecule has 2 unspecified atom stereocenters. The van der Waals surface area contributed by atoms with Crippen molar-refractivity contribution in [3.63, 3.8) is 0 Å². The lowest BCUT2D eigenvalue weighted by Gasteiger charge is -2.35. The third-order valence-electron chi connectivity index (χ3n) is 4.85.